The van der Waals surface area contributed by atoms with Gasteiger partial charge in [-0.15, -0.1) is 0 Å². The number of fused-ring (bicyclic) bond motifs is 2. The first kappa shape index (κ1) is 24.1. The second-order valence-electron chi connectivity index (χ2n) is 8.04. The van der Waals surface area contributed by atoms with E-state index in [9.17, 15) is 24.0 Å². The van der Waals surface area contributed by atoms with Crippen LogP contribution < -0.4 is 5.56 Å². The fourth-order valence-electron chi connectivity index (χ4n) is 4.23. The maximum Gasteiger partial charge on any atom is 0.303 e. The number of carbonyl (C=O) groups excluding carboxylic acids is 4. The van der Waals surface area contributed by atoms with E-state index in [2.05, 4.69) is 9.97 Å². The third-order valence-corrected chi connectivity index (χ3v) is 5.60. The molecule has 1 fully saturated rings. The SMILES string of the molecule is CC(=O)OC[C@H]1O[C@@H](n2cnc3c(=O)n4c(C=O)c(C)nc4n(C)c32)[C@H](OC(C)=O)[C@@H]1OC(C)=O. The lowest BCUT2D eigenvalue weighted by Gasteiger charge is -2.24. The third kappa shape index (κ3) is 4.05. The van der Waals surface area contributed by atoms with Crippen molar-refractivity contribution in [3.05, 3.63) is 28.1 Å². The summed E-state index contributed by atoms with van der Waals surface area (Å²) in [4.78, 5) is 68.4. The second kappa shape index (κ2) is 8.94. The van der Waals surface area contributed by atoms with Crippen LogP contribution in [0.15, 0.2) is 11.1 Å². The number of imidazole rings is 2. The van der Waals surface area contributed by atoms with Gasteiger partial charge in [0.05, 0.1) is 12.0 Å². The molecule has 1 saturated heterocycles. The molecule has 0 unspecified atom stereocenters. The van der Waals surface area contributed by atoms with Crippen LogP contribution in [0.2, 0.25) is 0 Å². The van der Waals surface area contributed by atoms with Crippen LogP contribution in [0.4, 0.5) is 0 Å². The van der Waals surface area contributed by atoms with Gasteiger partial charge in [0.15, 0.2) is 35.9 Å². The van der Waals surface area contributed by atoms with E-state index in [1.807, 2.05) is 0 Å². The maximum atomic E-state index is 13.2. The maximum absolute atomic E-state index is 13.2. The van der Waals surface area contributed by atoms with Crippen molar-refractivity contribution in [1.29, 1.82) is 0 Å². The topological polar surface area (TPSA) is 162 Å². The van der Waals surface area contributed by atoms with Crippen molar-refractivity contribution >= 4 is 41.1 Å². The number of aryl methyl sites for hydroxylation is 2. The molecule has 0 radical (unpaired) electrons. The molecule has 4 heterocycles. The van der Waals surface area contributed by atoms with Gasteiger partial charge in [-0.05, 0) is 6.92 Å². The Balaban J connectivity index is 1.90. The number of aromatic nitrogens is 5. The molecule has 0 spiro atoms. The van der Waals surface area contributed by atoms with Crippen LogP contribution in [0.25, 0.3) is 16.9 Å². The van der Waals surface area contributed by atoms with Gasteiger partial charge in [0, 0.05) is 27.8 Å². The molecule has 0 N–H and O–H groups in total. The quantitative estimate of drug-likeness (QED) is 0.257. The number of ether oxygens (including phenoxy) is 4. The number of esters is 3. The molecular weight excluding hydrogens is 466 g/mol. The zero-order chi connectivity index (χ0) is 25.6. The minimum atomic E-state index is -1.16. The number of carbonyl (C=O) groups is 4. The van der Waals surface area contributed by atoms with E-state index in [0.717, 1.165) is 4.40 Å². The summed E-state index contributed by atoms with van der Waals surface area (Å²) in [6.07, 6.45) is -2.52. The second-order valence-corrected chi connectivity index (χ2v) is 8.04. The van der Waals surface area contributed by atoms with Gasteiger partial charge in [-0.1, -0.05) is 0 Å². The van der Waals surface area contributed by atoms with Crippen LogP contribution in [0, 0.1) is 6.92 Å². The molecular formula is C21H23N5O9. The summed E-state index contributed by atoms with van der Waals surface area (Å²) in [5, 5.41) is 0. The summed E-state index contributed by atoms with van der Waals surface area (Å²) < 4.78 is 26.1. The van der Waals surface area contributed by atoms with Crippen molar-refractivity contribution in [2.45, 2.75) is 52.2 Å². The van der Waals surface area contributed by atoms with Gasteiger partial charge in [-0.2, -0.15) is 0 Å². The Labute approximate surface area is 197 Å². The first-order valence-electron chi connectivity index (χ1n) is 10.6. The van der Waals surface area contributed by atoms with Gasteiger partial charge in [0.2, 0.25) is 5.78 Å². The molecule has 0 aliphatic carbocycles. The van der Waals surface area contributed by atoms with Gasteiger partial charge in [-0.3, -0.25) is 33.1 Å². The highest BCUT2D eigenvalue weighted by Crippen LogP contribution is 2.36. The number of aldehydes is 1. The zero-order valence-corrected chi connectivity index (χ0v) is 19.6. The molecule has 0 saturated carbocycles. The van der Waals surface area contributed by atoms with Crippen LogP contribution in [0.1, 0.15) is 43.2 Å². The predicted octanol–water partition coefficient (Wildman–Crippen LogP) is -0.172. The Kier molecular flexibility index (Phi) is 6.15. The molecule has 1 aliphatic heterocycles. The minimum absolute atomic E-state index is 0.00172. The van der Waals surface area contributed by atoms with Crippen molar-refractivity contribution in [1.82, 2.24) is 23.5 Å². The molecule has 0 aromatic carbocycles. The third-order valence-electron chi connectivity index (χ3n) is 5.60. The monoisotopic (exact) mass is 489 g/mol. The van der Waals surface area contributed by atoms with Gasteiger partial charge in [0.25, 0.3) is 5.56 Å². The molecule has 3 aromatic rings. The number of rotatable bonds is 6. The molecule has 14 heteroatoms. The summed E-state index contributed by atoms with van der Waals surface area (Å²) in [5.41, 5.74) is 0.131. The van der Waals surface area contributed by atoms with Gasteiger partial charge in [-0.25, -0.2) is 14.4 Å². The summed E-state index contributed by atoms with van der Waals surface area (Å²) in [6.45, 7) is 4.89. The molecule has 3 aromatic heterocycles. The Hall–Kier alpha value is -4.07. The van der Waals surface area contributed by atoms with E-state index < -0.39 is 48.0 Å². The molecule has 35 heavy (non-hydrogen) atoms. The number of hydrogen-bond donors (Lipinski definition) is 0. The molecule has 186 valence electrons. The Morgan fingerprint density at radius 1 is 1.11 bits per heavy atom. The van der Waals surface area contributed by atoms with E-state index >= 15 is 0 Å². The van der Waals surface area contributed by atoms with E-state index in [0.29, 0.717) is 12.0 Å². The van der Waals surface area contributed by atoms with Gasteiger partial charge < -0.3 is 18.9 Å². The minimum Gasteiger partial charge on any atom is -0.463 e. The van der Waals surface area contributed by atoms with E-state index in [4.69, 9.17) is 18.9 Å². The molecule has 14 nitrogen and oxygen atoms in total. The average Bonchev–Trinajstić information content (AvgIpc) is 3.44. The molecule has 4 rings (SSSR count). The average molecular weight is 489 g/mol. The Morgan fingerprint density at radius 2 is 1.77 bits per heavy atom. The predicted molar refractivity (Wildman–Crippen MR) is 115 cm³/mol. The number of hydrogen-bond acceptors (Lipinski definition) is 11. The van der Waals surface area contributed by atoms with E-state index in [1.54, 1.807) is 14.0 Å². The molecule has 1 aliphatic rings. The number of nitrogens with zero attached hydrogens (tertiary/aromatic N) is 5. The van der Waals surface area contributed by atoms with Crippen LogP contribution >= 0.6 is 0 Å². The van der Waals surface area contributed by atoms with Crippen LogP contribution in [0.3, 0.4) is 0 Å². The Bertz CT molecular complexity index is 1420. The molecule has 4 atom stereocenters. The first-order chi connectivity index (χ1) is 16.5. The lowest BCUT2D eigenvalue weighted by molar-refractivity contribution is -0.166. The van der Waals surface area contributed by atoms with Crippen LogP contribution in [0.5, 0.6) is 0 Å². The fourth-order valence-corrected chi connectivity index (χ4v) is 4.23. The zero-order valence-electron chi connectivity index (χ0n) is 19.6. The smallest absolute Gasteiger partial charge is 0.303 e. The summed E-state index contributed by atoms with van der Waals surface area (Å²) in [6, 6.07) is 0. The van der Waals surface area contributed by atoms with Crippen molar-refractivity contribution in [2.24, 2.45) is 7.05 Å². The van der Waals surface area contributed by atoms with Gasteiger partial charge >= 0.3 is 17.9 Å². The summed E-state index contributed by atoms with van der Waals surface area (Å²) in [5.74, 6) is -1.74. The van der Waals surface area contributed by atoms with E-state index in [1.165, 1.54) is 36.2 Å². The highest BCUT2D eigenvalue weighted by atomic mass is 16.7. The van der Waals surface area contributed by atoms with Crippen molar-refractivity contribution in [2.75, 3.05) is 6.61 Å². The fraction of sp³-hybridized carbons (Fsp3) is 0.476. The highest BCUT2D eigenvalue weighted by Gasteiger charge is 2.51. The summed E-state index contributed by atoms with van der Waals surface area (Å²) in [7, 11) is 1.62. The van der Waals surface area contributed by atoms with Gasteiger partial charge in [0.1, 0.15) is 18.4 Å². The lowest BCUT2D eigenvalue weighted by Crippen LogP contribution is -2.40. The lowest BCUT2D eigenvalue weighted by atomic mass is 10.1. The highest BCUT2D eigenvalue weighted by molar-refractivity contribution is 5.79. The van der Waals surface area contributed by atoms with Crippen molar-refractivity contribution in [3.63, 3.8) is 0 Å². The molecule has 0 amide bonds. The van der Waals surface area contributed by atoms with E-state index in [-0.39, 0.29) is 29.2 Å². The van der Waals surface area contributed by atoms with Crippen molar-refractivity contribution < 1.29 is 38.1 Å². The molecule has 0 bridgehead atoms. The largest absolute Gasteiger partial charge is 0.463 e. The van der Waals surface area contributed by atoms with Crippen molar-refractivity contribution in [3.8, 4) is 0 Å². The standard InChI is InChI=1S/C21H23N5O9/c1-9-13(6-27)26-19(31)15-18(24(5)21(26)23-9)25(8-22-15)20-17(34-12(4)30)16(33-11(3)29)14(35-20)7-32-10(2)28/h6,8,14,16-17,20H,7H2,1-5H3/t14-,16-,17-,20-/m1/s1. The first-order valence-corrected chi connectivity index (χ1v) is 10.6. The Morgan fingerprint density at radius 3 is 2.37 bits per heavy atom. The normalized spacial score (nSPS) is 21.9. The summed E-state index contributed by atoms with van der Waals surface area (Å²) >= 11 is 0. The van der Waals surface area contributed by atoms with Crippen LogP contribution in [-0.4, -0.2) is 72.6 Å². The van der Waals surface area contributed by atoms with Crippen LogP contribution in [-0.2, 0) is 40.4 Å².